The molecule has 0 aliphatic carbocycles. The Kier molecular flexibility index (Phi) is 9.20. The highest BCUT2D eigenvalue weighted by atomic mass is 35.5. The second kappa shape index (κ2) is 12.1. The van der Waals surface area contributed by atoms with E-state index in [1.165, 1.54) is 30.3 Å². The largest absolute Gasteiger partial charge is 0.490 e. The summed E-state index contributed by atoms with van der Waals surface area (Å²) in [5.41, 5.74) is -1.81. The van der Waals surface area contributed by atoms with E-state index in [0.717, 1.165) is 0 Å². The van der Waals surface area contributed by atoms with E-state index in [1.807, 2.05) is 0 Å². The number of anilines is 1. The molecule has 2 aromatic heterocycles. The standard InChI is InChI=1S/C25H18ClF3N2O4.C2HF3O2/c1-12-10-15(13(2)30-17-8-9-18(26)31-20(17)24(33)34)23-16(11-12)21(32)19(25(27,28)29)22(35-23)14-6-4-3-5-7-14;3-2(4,5)1(6)7/h3-11,13,30H,1-2H3,(H,33,34);(H,6,7)/t13-;/m1./s1. The number of benzene rings is 2. The number of halogens is 7. The highest BCUT2D eigenvalue weighted by Crippen LogP contribution is 2.39. The Bertz CT molecular complexity index is 1700. The molecular weight excluding hydrogens is 598 g/mol. The van der Waals surface area contributed by atoms with Crippen LogP contribution in [0.4, 0.5) is 32.0 Å². The van der Waals surface area contributed by atoms with E-state index in [4.69, 9.17) is 25.9 Å². The van der Waals surface area contributed by atoms with Gasteiger partial charge in [0.25, 0.3) is 0 Å². The highest BCUT2D eigenvalue weighted by Gasteiger charge is 2.40. The number of carbonyl (C=O) groups is 2. The molecule has 2 heterocycles. The van der Waals surface area contributed by atoms with Crippen molar-refractivity contribution in [3.8, 4) is 11.3 Å². The number of carboxylic acids is 2. The van der Waals surface area contributed by atoms with Crippen molar-refractivity contribution in [2.45, 2.75) is 32.2 Å². The van der Waals surface area contributed by atoms with Gasteiger partial charge in [0, 0.05) is 11.1 Å². The van der Waals surface area contributed by atoms with Crippen LogP contribution in [0.25, 0.3) is 22.3 Å². The van der Waals surface area contributed by atoms with Crippen LogP contribution in [0.3, 0.4) is 0 Å². The predicted octanol–water partition coefficient (Wildman–Crippen LogP) is 7.34. The van der Waals surface area contributed by atoms with Gasteiger partial charge in [0.15, 0.2) is 11.5 Å². The van der Waals surface area contributed by atoms with E-state index in [-0.39, 0.29) is 33.1 Å². The highest BCUT2D eigenvalue weighted by molar-refractivity contribution is 6.29. The van der Waals surface area contributed by atoms with E-state index >= 15 is 0 Å². The fraction of sp³-hybridized carbons (Fsp3) is 0.185. The van der Waals surface area contributed by atoms with Crippen molar-refractivity contribution in [1.29, 1.82) is 0 Å². The molecular formula is C27H19ClF6N2O6. The number of aromatic nitrogens is 1. The summed E-state index contributed by atoms with van der Waals surface area (Å²) in [6.07, 6.45) is -10.0. The van der Waals surface area contributed by atoms with Gasteiger partial charge in [0.05, 0.1) is 17.1 Å². The minimum absolute atomic E-state index is 0.0141. The van der Waals surface area contributed by atoms with Gasteiger partial charge in [-0.2, -0.15) is 26.3 Å². The number of aromatic carboxylic acids is 1. The number of fused-ring (bicyclic) bond motifs is 1. The van der Waals surface area contributed by atoms with Crippen LogP contribution in [0.1, 0.15) is 40.1 Å². The molecule has 0 aliphatic heterocycles. The lowest BCUT2D eigenvalue weighted by molar-refractivity contribution is -0.192. The molecule has 4 rings (SSSR count). The summed E-state index contributed by atoms with van der Waals surface area (Å²) in [4.78, 5) is 37.4. The van der Waals surface area contributed by atoms with Gasteiger partial charge in [0.2, 0.25) is 5.43 Å². The lowest BCUT2D eigenvalue weighted by Gasteiger charge is -2.20. The van der Waals surface area contributed by atoms with Gasteiger partial charge in [-0.05, 0) is 37.6 Å². The number of aliphatic carboxylic acids is 1. The zero-order chi connectivity index (χ0) is 31.6. The number of rotatable bonds is 5. The molecule has 0 fully saturated rings. The average Bonchev–Trinajstić information content (AvgIpc) is 2.89. The second-order valence-corrected chi connectivity index (χ2v) is 9.12. The first kappa shape index (κ1) is 31.9. The Hall–Kier alpha value is -4.59. The molecule has 0 bridgehead atoms. The number of hydrogen-bond acceptors (Lipinski definition) is 6. The topological polar surface area (TPSA) is 130 Å². The fourth-order valence-electron chi connectivity index (χ4n) is 3.87. The first-order valence-corrected chi connectivity index (χ1v) is 12.0. The Morgan fingerprint density at radius 1 is 1.00 bits per heavy atom. The molecule has 8 nitrogen and oxygen atoms in total. The molecule has 222 valence electrons. The van der Waals surface area contributed by atoms with E-state index < -0.39 is 47.1 Å². The summed E-state index contributed by atoms with van der Waals surface area (Å²) in [6.45, 7) is 3.30. The maximum Gasteiger partial charge on any atom is 0.490 e. The van der Waals surface area contributed by atoms with Crippen molar-refractivity contribution < 1.29 is 50.6 Å². The molecule has 1 atom stereocenters. The van der Waals surface area contributed by atoms with Crippen molar-refractivity contribution in [3.05, 3.63) is 92.4 Å². The van der Waals surface area contributed by atoms with Gasteiger partial charge in [-0.15, -0.1) is 0 Å². The Labute approximate surface area is 237 Å². The van der Waals surface area contributed by atoms with Crippen LogP contribution in [0, 0.1) is 6.92 Å². The summed E-state index contributed by atoms with van der Waals surface area (Å²) in [6, 6.07) is 12.7. The summed E-state index contributed by atoms with van der Waals surface area (Å²) in [7, 11) is 0. The molecule has 3 N–H and O–H groups in total. The van der Waals surface area contributed by atoms with Crippen molar-refractivity contribution in [1.82, 2.24) is 4.98 Å². The Morgan fingerprint density at radius 3 is 2.12 bits per heavy atom. The lowest BCUT2D eigenvalue weighted by Crippen LogP contribution is -2.22. The number of hydrogen-bond donors (Lipinski definition) is 3. The quantitative estimate of drug-likeness (QED) is 0.157. The minimum Gasteiger partial charge on any atom is -0.476 e. The van der Waals surface area contributed by atoms with Crippen LogP contribution >= 0.6 is 11.6 Å². The van der Waals surface area contributed by atoms with Crippen molar-refractivity contribution >= 4 is 40.2 Å². The molecule has 0 saturated heterocycles. The van der Waals surface area contributed by atoms with E-state index in [2.05, 4.69) is 10.3 Å². The first-order chi connectivity index (χ1) is 19.4. The number of nitrogens with one attached hydrogen (secondary N) is 1. The van der Waals surface area contributed by atoms with Gasteiger partial charge in [-0.1, -0.05) is 48.0 Å². The molecule has 0 aliphatic rings. The molecule has 0 spiro atoms. The smallest absolute Gasteiger partial charge is 0.476 e. The first-order valence-electron chi connectivity index (χ1n) is 11.6. The van der Waals surface area contributed by atoms with Gasteiger partial charge < -0.3 is 19.9 Å². The zero-order valence-electron chi connectivity index (χ0n) is 21.4. The second-order valence-electron chi connectivity index (χ2n) is 8.73. The maximum absolute atomic E-state index is 14.0. The summed E-state index contributed by atoms with van der Waals surface area (Å²) < 4.78 is 79.5. The van der Waals surface area contributed by atoms with Crippen LogP contribution in [0.5, 0.6) is 0 Å². The molecule has 0 unspecified atom stereocenters. The van der Waals surface area contributed by atoms with Crippen LogP contribution in [-0.2, 0) is 11.0 Å². The van der Waals surface area contributed by atoms with Gasteiger partial charge in [-0.3, -0.25) is 4.79 Å². The molecule has 42 heavy (non-hydrogen) atoms. The average molecular weight is 617 g/mol. The Balaban J connectivity index is 0.000000616. The van der Waals surface area contributed by atoms with Gasteiger partial charge >= 0.3 is 24.3 Å². The predicted molar refractivity (Wildman–Crippen MR) is 140 cm³/mol. The third kappa shape index (κ3) is 7.18. The monoisotopic (exact) mass is 616 g/mol. The van der Waals surface area contributed by atoms with E-state index in [9.17, 15) is 41.0 Å². The van der Waals surface area contributed by atoms with Crippen molar-refractivity contribution in [2.24, 2.45) is 0 Å². The molecule has 2 aromatic carbocycles. The zero-order valence-corrected chi connectivity index (χ0v) is 22.1. The Morgan fingerprint density at radius 2 is 1.60 bits per heavy atom. The number of alkyl halides is 6. The molecule has 0 amide bonds. The van der Waals surface area contributed by atoms with Crippen LogP contribution in [0.2, 0.25) is 5.15 Å². The number of pyridine rings is 1. The maximum atomic E-state index is 14.0. The van der Waals surface area contributed by atoms with Crippen molar-refractivity contribution in [3.63, 3.8) is 0 Å². The number of aryl methyl sites for hydroxylation is 1. The van der Waals surface area contributed by atoms with Gasteiger partial charge in [0.1, 0.15) is 16.3 Å². The van der Waals surface area contributed by atoms with Gasteiger partial charge in [-0.25, -0.2) is 14.6 Å². The van der Waals surface area contributed by atoms with E-state index in [0.29, 0.717) is 11.1 Å². The van der Waals surface area contributed by atoms with Crippen molar-refractivity contribution in [2.75, 3.05) is 5.32 Å². The van der Waals surface area contributed by atoms with E-state index in [1.54, 1.807) is 38.1 Å². The summed E-state index contributed by atoms with van der Waals surface area (Å²) in [5, 5.41) is 19.3. The molecule has 0 radical (unpaired) electrons. The molecule has 4 aromatic rings. The normalized spacial score (nSPS) is 12.3. The lowest BCUT2D eigenvalue weighted by atomic mass is 9.98. The fourth-order valence-corrected chi connectivity index (χ4v) is 4.02. The SMILES string of the molecule is Cc1cc([C@@H](C)Nc2ccc(Cl)nc2C(=O)O)c2oc(-c3ccccc3)c(C(F)(F)F)c(=O)c2c1.O=C(O)C(F)(F)F. The summed E-state index contributed by atoms with van der Waals surface area (Å²) >= 11 is 5.81. The van der Waals surface area contributed by atoms with Crippen LogP contribution < -0.4 is 10.7 Å². The van der Waals surface area contributed by atoms with Crippen LogP contribution in [0.15, 0.2) is 63.8 Å². The van der Waals surface area contributed by atoms with Crippen LogP contribution in [-0.4, -0.2) is 33.3 Å². The molecule has 0 saturated carbocycles. The minimum atomic E-state index is -5.08. The summed E-state index contributed by atoms with van der Waals surface area (Å²) in [5.74, 6) is -4.66. The third-order valence-corrected chi connectivity index (χ3v) is 5.84. The number of carboxylic acid groups (broad SMARTS) is 2. The number of nitrogens with zero attached hydrogens (tertiary/aromatic N) is 1. The molecule has 15 heteroatoms. The third-order valence-electron chi connectivity index (χ3n) is 5.63.